The molecule has 0 bridgehead atoms. The number of aldehydes is 2. The van der Waals surface area contributed by atoms with Crippen molar-refractivity contribution in [1.82, 2.24) is 0 Å². The van der Waals surface area contributed by atoms with Gasteiger partial charge in [0.15, 0.2) is 12.6 Å². The third-order valence-electron chi connectivity index (χ3n) is 4.48. The Bertz CT molecular complexity index is 1070. The van der Waals surface area contributed by atoms with Gasteiger partial charge in [-0.1, -0.05) is 97.1 Å². The molecule has 4 N–H and O–H groups in total. The highest BCUT2D eigenvalue weighted by molar-refractivity contribution is 6.09. The maximum absolute atomic E-state index is 8.81. The van der Waals surface area contributed by atoms with E-state index in [9.17, 15) is 0 Å². The highest BCUT2D eigenvalue weighted by Gasteiger charge is 1.98. The van der Waals surface area contributed by atoms with Crippen LogP contribution in [0.4, 0.5) is 0 Å². The Morgan fingerprint density at radius 3 is 1.77 bits per heavy atom. The first-order valence-electron chi connectivity index (χ1n) is 12.5. The topological polar surface area (TPSA) is 122 Å². The molecule has 7 nitrogen and oxygen atoms in total. The summed E-state index contributed by atoms with van der Waals surface area (Å²) in [6, 6.07) is 28.2. The third-order valence-corrected chi connectivity index (χ3v) is 4.48. The van der Waals surface area contributed by atoms with Crippen LogP contribution in [0.3, 0.4) is 0 Å². The van der Waals surface area contributed by atoms with Crippen LogP contribution in [0.15, 0.2) is 121 Å². The fraction of sp³-hybridized carbons (Fsp3) is 0.182. The molecule has 0 saturated carbocycles. The number of para-hydroxylation sites is 1. The molecule has 0 aliphatic carbocycles. The van der Waals surface area contributed by atoms with Crippen LogP contribution in [0, 0.1) is 0 Å². The van der Waals surface area contributed by atoms with Gasteiger partial charge in [-0.05, 0) is 62.7 Å². The van der Waals surface area contributed by atoms with Crippen molar-refractivity contribution in [3.63, 3.8) is 0 Å². The molecule has 40 heavy (non-hydrogen) atoms. The van der Waals surface area contributed by atoms with E-state index in [2.05, 4.69) is 42.3 Å². The molecule has 3 aromatic carbocycles. The number of allylic oxidation sites excluding steroid dienone is 5. The number of carbonyl (C=O) groups is 3. The lowest BCUT2D eigenvalue weighted by atomic mass is 10.1. The average Bonchev–Trinajstić information content (AvgIpc) is 3.02. The molecule has 0 spiro atoms. The zero-order valence-electron chi connectivity index (χ0n) is 23.6. The van der Waals surface area contributed by atoms with Crippen molar-refractivity contribution in [2.24, 2.45) is 11.5 Å². The second-order valence-electron chi connectivity index (χ2n) is 7.40. The average molecular weight is 547 g/mol. The summed E-state index contributed by atoms with van der Waals surface area (Å²) in [6.07, 6.45) is 9.38. The third kappa shape index (κ3) is 22.6. The van der Waals surface area contributed by atoms with E-state index in [0.717, 1.165) is 17.9 Å². The van der Waals surface area contributed by atoms with Gasteiger partial charge < -0.3 is 20.9 Å². The van der Waals surface area contributed by atoms with E-state index in [1.54, 1.807) is 0 Å². The Balaban J connectivity index is 0. The summed E-state index contributed by atoms with van der Waals surface area (Å²) in [5.74, 6) is 1.71. The highest BCUT2D eigenvalue weighted by Crippen LogP contribution is 2.21. The zero-order valence-corrected chi connectivity index (χ0v) is 23.6. The van der Waals surface area contributed by atoms with E-state index in [1.165, 1.54) is 23.7 Å². The van der Waals surface area contributed by atoms with Gasteiger partial charge in [-0.3, -0.25) is 14.4 Å². The van der Waals surface area contributed by atoms with Crippen LogP contribution in [0.5, 0.6) is 11.5 Å². The number of hydrogen-bond acceptors (Lipinski definition) is 6. The summed E-state index contributed by atoms with van der Waals surface area (Å²) in [5, 5.41) is 0. The summed E-state index contributed by atoms with van der Waals surface area (Å²) in [7, 11) is 1.50. The van der Waals surface area contributed by atoms with E-state index in [1.807, 2.05) is 98.8 Å². The Labute approximate surface area is 238 Å². The predicted molar refractivity (Wildman–Crippen MR) is 164 cm³/mol. The van der Waals surface area contributed by atoms with E-state index in [4.69, 9.17) is 23.9 Å². The summed E-state index contributed by atoms with van der Waals surface area (Å²) in [4.78, 5) is 26.2. The van der Waals surface area contributed by atoms with Gasteiger partial charge in [0, 0.05) is 0 Å². The van der Waals surface area contributed by atoms with Crippen LogP contribution in [0.25, 0.3) is 0 Å². The lowest BCUT2D eigenvalue weighted by molar-refractivity contribution is -0.122. The Morgan fingerprint density at radius 2 is 1.30 bits per heavy atom. The molecule has 0 aliphatic heterocycles. The molecule has 1 amide bonds. The van der Waals surface area contributed by atoms with Crippen LogP contribution in [-0.4, -0.2) is 32.6 Å². The summed E-state index contributed by atoms with van der Waals surface area (Å²) in [5.41, 5.74) is 12.3. The Hall–Kier alpha value is -4.59. The Kier molecular flexibility index (Phi) is 27.2. The maximum Gasteiger partial charge on any atom is 0.204 e. The molecule has 0 unspecified atom stereocenters. The predicted octanol–water partition coefficient (Wildman–Crippen LogP) is 5.99. The van der Waals surface area contributed by atoms with Crippen LogP contribution in [-0.2, 0) is 32.1 Å². The number of primary amides is 1. The minimum atomic E-state index is 0.194. The van der Waals surface area contributed by atoms with Crippen molar-refractivity contribution in [2.75, 3.05) is 13.7 Å². The summed E-state index contributed by atoms with van der Waals surface area (Å²) in [6.45, 7) is 9.00. The second kappa shape index (κ2) is 29.0. The van der Waals surface area contributed by atoms with Crippen LogP contribution < -0.4 is 16.2 Å². The number of nitrogens with two attached hydrogens (primary N) is 2. The molecule has 0 saturated heterocycles. The molecule has 3 rings (SSSR count). The largest absolute Gasteiger partial charge is 0.457 e. The van der Waals surface area contributed by atoms with Gasteiger partial charge in [-0.25, -0.2) is 0 Å². The normalized spacial score (nSPS) is 9.45. The quantitative estimate of drug-likeness (QED) is 0.139. The first kappa shape index (κ1) is 37.6. The van der Waals surface area contributed by atoms with Crippen molar-refractivity contribution in [3.05, 3.63) is 133 Å². The van der Waals surface area contributed by atoms with Crippen LogP contribution in [0.2, 0.25) is 0 Å². The van der Waals surface area contributed by atoms with Gasteiger partial charge in [-0.2, -0.15) is 0 Å². The minimum absolute atomic E-state index is 0.194. The van der Waals surface area contributed by atoms with Gasteiger partial charge in [0.05, 0.1) is 13.2 Å². The smallest absolute Gasteiger partial charge is 0.204 e. The molecule has 0 heterocycles. The van der Waals surface area contributed by atoms with Crippen molar-refractivity contribution in [1.29, 1.82) is 0 Å². The molecule has 0 aromatic heterocycles. The van der Waals surface area contributed by atoms with E-state index in [0.29, 0.717) is 13.2 Å². The van der Waals surface area contributed by atoms with Gasteiger partial charge in [0.25, 0.3) is 0 Å². The zero-order chi connectivity index (χ0) is 30.3. The number of rotatable bonds is 10. The fourth-order valence-electron chi connectivity index (χ4n) is 2.62. The first-order chi connectivity index (χ1) is 19.5. The molecule has 3 aromatic rings. The van der Waals surface area contributed by atoms with Crippen molar-refractivity contribution in [2.45, 2.75) is 26.9 Å². The minimum Gasteiger partial charge on any atom is -0.457 e. The molecule has 0 radical (unpaired) electrons. The van der Waals surface area contributed by atoms with Crippen molar-refractivity contribution >= 4 is 19.0 Å². The first-order valence-corrected chi connectivity index (χ1v) is 12.5. The lowest BCUT2D eigenvalue weighted by Crippen LogP contribution is -1.99. The molecule has 0 atom stereocenters. The number of hydrogen-bond donors (Lipinski definition) is 2. The molecule has 214 valence electrons. The van der Waals surface area contributed by atoms with Gasteiger partial charge in [-0.15, -0.1) is 0 Å². The number of carbonyl (C=O) groups excluding carboxylic acids is 3. The van der Waals surface area contributed by atoms with E-state index >= 15 is 0 Å². The molecule has 0 aliphatic rings. The maximum atomic E-state index is 8.81. The van der Waals surface area contributed by atoms with Gasteiger partial charge in [0.1, 0.15) is 11.5 Å². The number of amides is 1. The standard InChI is InChI=1S/C21H20O2.C8H12.C2H2O2.CH3NO.CH5N/c1-3-7-19(8-4-1)17-22-16-15-18-11-13-21(14-12-18)23-20-9-5-2-6-10-20;1-4-6-7-8(3)5-2;3-1-2-4;2-1-3;1-2/h1-14H,15-17H2;4-7H,2H2,1,3H3;1-2H;1H,(H2,2,3);2H2,1H3/b;6-4-,8-7-;;;. The Morgan fingerprint density at radius 1 is 0.800 bits per heavy atom. The fourth-order valence-corrected chi connectivity index (χ4v) is 2.62. The monoisotopic (exact) mass is 546 g/mol. The molecular weight excluding hydrogens is 504 g/mol. The molecule has 7 heteroatoms. The molecular formula is C33H42N2O5. The second-order valence-corrected chi connectivity index (χ2v) is 7.40. The van der Waals surface area contributed by atoms with Gasteiger partial charge in [0.2, 0.25) is 6.41 Å². The van der Waals surface area contributed by atoms with Crippen LogP contribution in [0.1, 0.15) is 25.0 Å². The lowest BCUT2D eigenvalue weighted by Gasteiger charge is -2.07. The molecule has 0 fully saturated rings. The SMILES string of the molecule is C=C/C(C)=C\C=C/C.CN.NC=O.O=CC=O.c1ccc(COCCc2ccc(Oc3ccccc3)cc2)cc1. The van der Waals surface area contributed by atoms with E-state index < -0.39 is 0 Å². The summed E-state index contributed by atoms with van der Waals surface area (Å²) < 4.78 is 11.5. The van der Waals surface area contributed by atoms with Crippen molar-refractivity contribution in [3.8, 4) is 11.5 Å². The number of ether oxygens (including phenoxy) is 2. The van der Waals surface area contributed by atoms with Crippen LogP contribution >= 0.6 is 0 Å². The van der Waals surface area contributed by atoms with Gasteiger partial charge >= 0.3 is 0 Å². The van der Waals surface area contributed by atoms with E-state index in [-0.39, 0.29) is 19.0 Å². The number of benzene rings is 3. The summed E-state index contributed by atoms with van der Waals surface area (Å²) >= 11 is 0. The van der Waals surface area contributed by atoms with Crippen molar-refractivity contribution < 1.29 is 23.9 Å². The highest BCUT2D eigenvalue weighted by atomic mass is 16.5.